The summed E-state index contributed by atoms with van der Waals surface area (Å²) in [5.74, 6) is -0.657. The molecule has 0 fully saturated rings. The Bertz CT molecular complexity index is 593. The molecule has 0 aliphatic heterocycles. The van der Waals surface area contributed by atoms with Gasteiger partial charge in [0.1, 0.15) is 11.6 Å². The van der Waals surface area contributed by atoms with Crippen LogP contribution in [0, 0.1) is 21.4 Å². The third-order valence-corrected chi connectivity index (χ3v) is 2.46. The molecule has 0 amide bonds. The Hall–Kier alpha value is -2.82. The van der Waals surface area contributed by atoms with E-state index >= 15 is 0 Å². The van der Waals surface area contributed by atoms with Gasteiger partial charge in [0.25, 0.3) is 5.69 Å². The second-order valence-corrected chi connectivity index (χ2v) is 3.89. The fraction of sp³-hybridized carbons (Fsp3) is 0.385. The van der Waals surface area contributed by atoms with Crippen LogP contribution in [0.1, 0.15) is 24.2 Å². The van der Waals surface area contributed by atoms with Crippen LogP contribution in [0.15, 0.2) is 12.1 Å². The molecule has 0 aliphatic carbocycles. The van der Waals surface area contributed by atoms with Crippen molar-refractivity contribution in [1.82, 2.24) is 0 Å². The standard InChI is InChI=1S/C13H14N2O6/c1-4-20-12-5-9(13(16)21-8(2)7-14)10(15(17)18)6-11(12)19-3/h5-6,8H,4H2,1-3H3/t8-/m1/s1. The lowest BCUT2D eigenvalue weighted by Crippen LogP contribution is -2.15. The van der Waals surface area contributed by atoms with Gasteiger partial charge in [0, 0.05) is 6.07 Å². The van der Waals surface area contributed by atoms with Gasteiger partial charge >= 0.3 is 5.97 Å². The van der Waals surface area contributed by atoms with E-state index in [1.807, 2.05) is 0 Å². The zero-order valence-corrected chi connectivity index (χ0v) is 11.8. The molecule has 1 aromatic carbocycles. The molecular formula is C13H14N2O6. The van der Waals surface area contributed by atoms with E-state index in [4.69, 9.17) is 19.5 Å². The highest BCUT2D eigenvalue weighted by Gasteiger charge is 2.26. The quantitative estimate of drug-likeness (QED) is 0.448. The van der Waals surface area contributed by atoms with Crippen molar-refractivity contribution < 1.29 is 23.9 Å². The minimum atomic E-state index is -1.02. The third-order valence-electron chi connectivity index (χ3n) is 2.46. The maximum atomic E-state index is 11.9. The molecule has 1 aromatic rings. The number of hydrogen-bond donors (Lipinski definition) is 0. The Morgan fingerprint density at radius 1 is 1.48 bits per heavy atom. The molecule has 21 heavy (non-hydrogen) atoms. The lowest BCUT2D eigenvalue weighted by atomic mass is 10.1. The molecule has 0 saturated carbocycles. The van der Waals surface area contributed by atoms with Gasteiger partial charge in [-0.15, -0.1) is 0 Å². The van der Waals surface area contributed by atoms with Crippen LogP contribution in [0.4, 0.5) is 5.69 Å². The zero-order chi connectivity index (χ0) is 16.0. The maximum Gasteiger partial charge on any atom is 0.346 e. The first kappa shape index (κ1) is 16.2. The number of carbonyl (C=O) groups excluding carboxylic acids is 1. The van der Waals surface area contributed by atoms with E-state index in [1.54, 1.807) is 13.0 Å². The summed E-state index contributed by atoms with van der Waals surface area (Å²) in [6.07, 6.45) is -1.02. The maximum absolute atomic E-state index is 11.9. The summed E-state index contributed by atoms with van der Waals surface area (Å²) in [4.78, 5) is 22.2. The summed E-state index contributed by atoms with van der Waals surface area (Å²) in [6, 6.07) is 3.96. The Kier molecular flexibility index (Phi) is 5.48. The summed E-state index contributed by atoms with van der Waals surface area (Å²) in [6.45, 7) is 3.37. The van der Waals surface area contributed by atoms with Crippen LogP contribution in [0.5, 0.6) is 11.5 Å². The highest BCUT2D eigenvalue weighted by atomic mass is 16.6. The predicted molar refractivity (Wildman–Crippen MR) is 71.3 cm³/mol. The number of nitro benzene ring substituents is 1. The molecule has 0 heterocycles. The van der Waals surface area contributed by atoms with E-state index < -0.39 is 22.7 Å². The number of nitrogens with zero attached hydrogens (tertiary/aromatic N) is 2. The Labute approximate surface area is 121 Å². The van der Waals surface area contributed by atoms with Crippen molar-refractivity contribution >= 4 is 11.7 Å². The second kappa shape index (κ2) is 7.09. The van der Waals surface area contributed by atoms with Gasteiger partial charge in [0.05, 0.1) is 24.7 Å². The molecule has 0 N–H and O–H groups in total. The summed E-state index contributed by atoms with van der Waals surface area (Å²) in [5, 5.41) is 19.7. The Morgan fingerprint density at radius 3 is 2.62 bits per heavy atom. The van der Waals surface area contributed by atoms with Crippen molar-refractivity contribution in [2.75, 3.05) is 13.7 Å². The van der Waals surface area contributed by atoms with E-state index in [9.17, 15) is 14.9 Å². The number of ether oxygens (including phenoxy) is 3. The molecule has 1 atom stereocenters. The number of nitriles is 1. The largest absolute Gasteiger partial charge is 0.493 e. The van der Waals surface area contributed by atoms with Gasteiger partial charge in [-0.05, 0) is 13.8 Å². The summed E-state index contributed by atoms with van der Waals surface area (Å²) in [5.41, 5.74) is -0.781. The van der Waals surface area contributed by atoms with Crippen molar-refractivity contribution in [3.63, 3.8) is 0 Å². The SMILES string of the molecule is CCOc1cc(C(=O)O[C@H](C)C#N)c([N+](=O)[O-])cc1OC. The molecule has 0 unspecified atom stereocenters. The highest BCUT2D eigenvalue weighted by Crippen LogP contribution is 2.35. The first-order valence-corrected chi connectivity index (χ1v) is 6.04. The van der Waals surface area contributed by atoms with Gasteiger partial charge in [-0.3, -0.25) is 10.1 Å². The average molecular weight is 294 g/mol. The molecule has 0 aliphatic rings. The molecule has 0 bridgehead atoms. The second-order valence-electron chi connectivity index (χ2n) is 3.89. The Balaban J connectivity index is 3.33. The van der Waals surface area contributed by atoms with Crippen LogP contribution in [-0.4, -0.2) is 30.7 Å². The predicted octanol–water partition coefficient (Wildman–Crippen LogP) is 2.07. The van der Waals surface area contributed by atoms with Crippen molar-refractivity contribution in [1.29, 1.82) is 5.26 Å². The van der Waals surface area contributed by atoms with E-state index in [0.717, 1.165) is 6.07 Å². The average Bonchev–Trinajstić information content (AvgIpc) is 2.46. The first-order valence-electron chi connectivity index (χ1n) is 6.04. The fourth-order valence-corrected chi connectivity index (χ4v) is 1.54. The lowest BCUT2D eigenvalue weighted by molar-refractivity contribution is -0.385. The summed E-state index contributed by atoms with van der Waals surface area (Å²) < 4.78 is 15.0. The van der Waals surface area contributed by atoms with E-state index in [2.05, 4.69) is 0 Å². The monoisotopic (exact) mass is 294 g/mol. The van der Waals surface area contributed by atoms with Crippen molar-refractivity contribution in [3.8, 4) is 17.6 Å². The van der Waals surface area contributed by atoms with Gasteiger partial charge in [-0.2, -0.15) is 5.26 Å². The van der Waals surface area contributed by atoms with Crippen LogP contribution >= 0.6 is 0 Å². The smallest absolute Gasteiger partial charge is 0.346 e. The number of methoxy groups -OCH3 is 1. The van der Waals surface area contributed by atoms with Crippen molar-refractivity contribution in [2.24, 2.45) is 0 Å². The molecule has 0 saturated heterocycles. The minimum Gasteiger partial charge on any atom is -0.493 e. The van der Waals surface area contributed by atoms with Gasteiger partial charge < -0.3 is 14.2 Å². The first-order chi connectivity index (χ1) is 9.94. The van der Waals surface area contributed by atoms with Gasteiger partial charge in [-0.1, -0.05) is 0 Å². The van der Waals surface area contributed by atoms with Crippen LogP contribution in [0.2, 0.25) is 0 Å². The number of benzene rings is 1. The normalized spacial score (nSPS) is 11.1. The zero-order valence-electron chi connectivity index (χ0n) is 11.8. The molecule has 0 radical (unpaired) electrons. The van der Waals surface area contributed by atoms with Crippen molar-refractivity contribution in [3.05, 3.63) is 27.8 Å². The molecule has 0 spiro atoms. The van der Waals surface area contributed by atoms with E-state index in [0.29, 0.717) is 0 Å². The minimum absolute atomic E-state index is 0.133. The van der Waals surface area contributed by atoms with Gasteiger partial charge in [-0.25, -0.2) is 4.79 Å². The van der Waals surface area contributed by atoms with Gasteiger partial charge in [0.15, 0.2) is 17.6 Å². The lowest BCUT2D eigenvalue weighted by Gasteiger charge is -2.12. The number of carbonyl (C=O) groups is 1. The van der Waals surface area contributed by atoms with Crippen LogP contribution in [0.25, 0.3) is 0 Å². The molecule has 8 heteroatoms. The van der Waals surface area contributed by atoms with E-state index in [1.165, 1.54) is 20.1 Å². The molecule has 1 rings (SSSR count). The number of rotatable bonds is 6. The molecule has 8 nitrogen and oxygen atoms in total. The van der Waals surface area contributed by atoms with Crippen LogP contribution in [0.3, 0.4) is 0 Å². The highest BCUT2D eigenvalue weighted by molar-refractivity contribution is 5.95. The summed E-state index contributed by atoms with van der Waals surface area (Å²) >= 11 is 0. The topological polar surface area (TPSA) is 112 Å². The molecular weight excluding hydrogens is 280 g/mol. The van der Waals surface area contributed by atoms with E-state index in [-0.39, 0.29) is 23.7 Å². The number of nitro groups is 1. The van der Waals surface area contributed by atoms with Gasteiger partial charge in [0.2, 0.25) is 0 Å². The molecule has 112 valence electrons. The third kappa shape index (κ3) is 3.82. The number of hydrogen-bond acceptors (Lipinski definition) is 7. The Morgan fingerprint density at radius 2 is 2.14 bits per heavy atom. The molecule has 0 aromatic heterocycles. The summed E-state index contributed by atoms with van der Waals surface area (Å²) in [7, 11) is 1.33. The van der Waals surface area contributed by atoms with Crippen molar-refractivity contribution in [2.45, 2.75) is 20.0 Å². The van der Waals surface area contributed by atoms with Crippen LogP contribution < -0.4 is 9.47 Å². The number of esters is 1. The fourth-order valence-electron chi connectivity index (χ4n) is 1.54. The van der Waals surface area contributed by atoms with Crippen LogP contribution in [-0.2, 0) is 4.74 Å².